The zero-order valence-corrected chi connectivity index (χ0v) is 21.9. The molecule has 0 aromatic heterocycles. The topological polar surface area (TPSA) is 153 Å². The van der Waals surface area contributed by atoms with E-state index in [0.29, 0.717) is 16.8 Å². The number of nitro groups is 2. The third kappa shape index (κ3) is 7.45. The van der Waals surface area contributed by atoms with Gasteiger partial charge in [-0.05, 0) is 66.6 Å². The molecule has 2 amide bonds. The summed E-state index contributed by atoms with van der Waals surface area (Å²) in [7, 11) is 0. The predicted octanol–water partition coefficient (Wildman–Crippen LogP) is 4.88. The van der Waals surface area contributed by atoms with E-state index in [2.05, 4.69) is 5.32 Å². The molecule has 1 aliphatic heterocycles. The van der Waals surface area contributed by atoms with Gasteiger partial charge in [-0.3, -0.25) is 34.6 Å². The number of ketones is 1. The van der Waals surface area contributed by atoms with Crippen LogP contribution >= 0.6 is 0 Å². The Labute approximate surface area is 234 Å². The third-order valence-corrected chi connectivity index (χ3v) is 6.20. The first-order chi connectivity index (χ1) is 19.6. The zero-order chi connectivity index (χ0) is 29.5. The van der Waals surface area contributed by atoms with E-state index < -0.39 is 21.7 Å². The van der Waals surface area contributed by atoms with Gasteiger partial charge in [-0.1, -0.05) is 17.7 Å². The van der Waals surface area contributed by atoms with E-state index in [0.717, 1.165) is 17.7 Å². The van der Waals surface area contributed by atoms with Gasteiger partial charge in [0.15, 0.2) is 5.78 Å². The van der Waals surface area contributed by atoms with E-state index in [1.54, 1.807) is 24.3 Å². The molecule has 1 fully saturated rings. The molecule has 3 aromatic rings. The highest BCUT2D eigenvalue weighted by atomic mass is 16.6. The number of amides is 2. The molecule has 0 atom stereocenters. The van der Waals surface area contributed by atoms with Crippen LogP contribution in [0.25, 0.3) is 12.2 Å². The van der Waals surface area contributed by atoms with Gasteiger partial charge in [0.05, 0.1) is 22.9 Å². The Hall–Kier alpha value is -5.71. The second kappa shape index (κ2) is 12.4. The summed E-state index contributed by atoms with van der Waals surface area (Å²) < 4.78 is 0. The Morgan fingerprint density at radius 1 is 0.756 bits per heavy atom. The SMILES string of the molecule is Cc1ccc(NC(=O)/C=C/C(=O)N2C/C(=C\c3ccc([N+](=O)[O-])cc3)C(=O)/C(=C/c3ccc([N+](=O)[O-])cc3)C2)cc1. The molecule has 0 aliphatic carbocycles. The van der Waals surface area contributed by atoms with Crippen LogP contribution in [0.2, 0.25) is 0 Å². The quantitative estimate of drug-likeness (QED) is 0.249. The highest BCUT2D eigenvalue weighted by molar-refractivity contribution is 6.16. The standard InChI is InChI=1S/C30H24N4O7/c1-20-2-8-25(9-3-20)31-28(35)14-15-29(36)32-18-23(16-21-4-10-26(11-5-21)33(38)39)30(37)24(19-32)17-22-6-12-27(13-7-22)34(40)41/h2-17H,18-19H2,1H3,(H,31,35)/b15-14+,23-16+,24-17+. The second-order valence-corrected chi connectivity index (χ2v) is 9.25. The van der Waals surface area contributed by atoms with Crippen LogP contribution in [0.1, 0.15) is 16.7 Å². The average molecular weight is 553 g/mol. The van der Waals surface area contributed by atoms with E-state index in [1.807, 2.05) is 19.1 Å². The van der Waals surface area contributed by atoms with Crippen LogP contribution in [0.4, 0.5) is 17.1 Å². The predicted molar refractivity (Wildman–Crippen MR) is 153 cm³/mol. The van der Waals surface area contributed by atoms with Gasteiger partial charge in [0.25, 0.3) is 11.4 Å². The van der Waals surface area contributed by atoms with Crippen molar-refractivity contribution in [3.8, 4) is 0 Å². The minimum absolute atomic E-state index is 0.0593. The maximum atomic E-state index is 13.4. The van der Waals surface area contributed by atoms with Gasteiger partial charge in [-0.25, -0.2) is 0 Å². The highest BCUT2D eigenvalue weighted by Gasteiger charge is 2.28. The lowest BCUT2D eigenvalue weighted by Crippen LogP contribution is -2.41. The van der Waals surface area contributed by atoms with Crippen molar-refractivity contribution in [2.75, 3.05) is 18.4 Å². The van der Waals surface area contributed by atoms with Crippen molar-refractivity contribution in [3.63, 3.8) is 0 Å². The number of likely N-dealkylation sites (tertiary alicyclic amines) is 1. The molecule has 1 saturated heterocycles. The number of rotatable bonds is 7. The number of nitro benzene ring substituents is 2. The number of anilines is 1. The van der Waals surface area contributed by atoms with E-state index in [-0.39, 0.29) is 41.4 Å². The number of aryl methyl sites for hydroxylation is 1. The molecule has 0 unspecified atom stereocenters. The molecule has 1 aliphatic rings. The molecular formula is C30H24N4O7. The lowest BCUT2D eigenvalue weighted by Gasteiger charge is -2.29. The minimum atomic E-state index is -0.532. The number of hydrogen-bond donors (Lipinski definition) is 1. The van der Waals surface area contributed by atoms with E-state index in [9.17, 15) is 34.6 Å². The van der Waals surface area contributed by atoms with Gasteiger partial charge < -0.3 is 10.2 Å². The van der Waals surface area contributed by atoms with Crippen molar-refractivity contribution in [2.45, 2.75) is 6.92 Å². The summed E-state index contributed by atoms with van der Waals surface area (Å²) >= 11 is 0. The molecule has 0 radical (unpaired) electrons. The van der Waals surface area contributed by atoms with Crippen molar-refractivity contribution in [3.05, 3.63) is 133 Å². The van der Waals surface area contributed by atoms with E-state index in [4.69, 9.17) is 0 Å². The summed E-state index contributed by atoms with van der Waals surface area (Å²) in [5.74, 6) is -1.36. The first-order valence-corrected chi connectivity index (χ1v) is 12.4. The fourth-order valence-electron chi connectivity index (χ4n) is 4.06. The number of hydrogen-bond acceptors (Lipinski definition) is 7. The zero-order valence-electron chi connectivity index (χ0n) is 21.9. The number of non-ortho nitro benzene ring substituents is 2. The maximum Gasteiger partial charge on any atom is 0.269 e. The molecule has 11 heteroatoms. The van der Waals surface area contributed by atoms with Gasteiger partial charge in [0.2, 0.25) is 11.8 Å². The van der Waals surface area contributed by atoms with Gasteiger partial charge in [0.1, 0.15) is 0 Å². The smallest absolute Gasteiger partial charge is 0.269 e. The Kier molecular flexibility index (Phi) is 8.58. The first-order valence-electron chi connectivity index (χ1n) is 12.4. The lowest BCUT2D eigenvalue weighted by molar-refractivity contribution is -0.385. The number of Topliss-reactive ketones (excluding diaryl/α,β-unsaturated/α-hetero) is 1. The van der Waals surface area contributed by atoms with Crippen LogP contribution in [-0.2, 0) is 14.4 Å². The molecule has 1 N–H and O–H groups in total. The summed E-state index contributed by atoms with van der Waals surface area (Å²) in [5, 5.41) is 24.6. The summed E-state index contributed by atoms with van der Waals surface area (Å²) in [6.07, 6.45) is 5.32. The summed E-state index contributed by atoms with van der Waals surface area (Å²) in [4.78, 5) is 61.1. The van der Waals surface area contributed by atoms with Crippen LogP contribution in [0.3, 0.4) is 0 Å². The Bertz CT molecular complexity index is 1520. The Morgan fingerprint density at radius 2 is 1.22 bits per heavy atom. The van der Waals surface area contributed by atoms with Gasteiger partial charge in [-0.15, -0.1) is 0 Å². The van der Waals surface area contributed by atoms with Crippen molar-refractivity contribution in [1.29, 1.82) is 0 Å². The van der Waals surface area contributed by atoms with E-state index in [1.165, 1.54) is 53.4 Å². The first kappa shape index (κ1) is 28.3. The van der Waals surface area contributed by atoms with Crippen LogP contribution in [0.5, 0.6) is 0 Å². The second-order valence-electron chi connectivity index (χ2n) is 9.25. The number of nitrogens with one attached hydrogen (secondary N) is 1. The number of piperidine rings is 1. The number of carbonyl (C=O) groups is 3. The number of nitrogens with zero attached hydrogens (tertiary/aromatic N) is 3. The molecule has 41 heavy (non-hydrogen) atoms. The molecule has 4 rings (SSSR count). The van der Waals surface area contributed by atoms with Crippen molar-refractivity contribution in [1.82, 2.24) is 4.90 Å². The molecule has 3 aromatic carbocycles. The fraction of sp³-hybridized carbons (Fsp3) is 0.100. The molecule has 1 heterocycles. The highest BCUT2D eigenvalue weighted by Crippen LogP contribution is 2.24. The molecule has 0 bridgehead atoms. The van der Waals surface area contributed by atoms with Crippen LogP contribution in [0.15, 0.2) is 96.1 Å². The monoisotopic (exact) mass is 552 g/mol. The summed E-state index contributed by atoms with van der Waals surface area (Å²) in [5.41, 5.74) is 2.95. The average Bonchev–Trinajstić information content (AvgIpc) is 2.95. The molecular weight excluding hydrogens is 528 g/mol. The number of carbonyl (C=O) groups excluding carboxylic acids is 3. The minimum Gasteiger partial charge on any atom is -0.330 e. The molecule has 206 valence electrons. The fourth-order valence-corrected chi connectivity index (χ4v) is 4.06. The van der Waals surface area contributed by atoms with Crippen LogP contribution < -0.4 is 5.32 Å². The van der Waals surface area contributed by atoms with Crippen LogP contribution in [0, 0.1) is 27.2 Å². The Balaban J connectivity index is 1.59. The van der Waals surface area contributed by atoms with Crippen molar-refractivity contribution >= 4 is 46.8 Å². The van der Waals surface area contributed by atoms with E-state index >= 15 is 0 Å². The molecule has 11 nitrogen and oxygen atoms in total. The maximum absolute atomic E-state index is 13.4. The normalized spacial score (nSPS) is 15.3. The lowest BCUT2D eigenvalue weighted by atomic mass is 9.94. The summed E-state index contributed by atoms with van der Waals surface area (Å²) in [6.45, 7) is 1.80. The Morgan fingerprint density at radius 3 is 1.66 bits per heavy atom. The number of benzene rings is 3. The summed E-state index contributed by atoms with van der Waals surface area (Å²) in [6, 6.07) is 18.4. The molecule has 0 spiro atoms. The van der Waals surface area contributed by atoms with Gasteiger partial charge in [-0.2, -0.15) is 0 Å². The largest absolute Gasteiger partial charge is 0.330 e. The van der Waals surface area contributed by atoms with Crippen molar-refractivity contribution < 1.29 is 24.2 Å². The van der Waals surface area contributed by atoms with Gasteiger partial charge in [0, 0.05) is 53.3 Å². The molecule has 0 saturated carbocycles. The van der Waals surface area contributed by atoms with Crippen LogP contribution in [-0.4, -0.2) is 45.4 Å². The van der Waals surface area contributed by atoms with Crippen molar-refractivity contribution in [2.24, 2.45) is 0 Å². The van der Waals surface area contributed by atoms with Gasteiger partial charge >= 0.3 is 0 Å². The third-order valence-electron chi connectivity index (χ3n) is 6.20.